The van der Waals surface area contributed by atoms with E-state index in [1.54, 1.807) is 21.3 Å². The SMILES string of the molecule is CCCOC.COCCOC. The predicted octanol–water partition coefficient (Wildman–Crippen LogP) is 1.32. The zero-order valence-corrected chi connectivity index (χ0v) is 8.05. The lowest BCUT2D eigenvalue weighted by atomic mass is 10.5. The molecule has 11 heavy (non-hydrogen) atoms. The van der Waals surface area contributed by atoms with Gasteiger partial charge < -0.3 is 14.2 Å². The third-order valence-electron chi connectivity index (χ3n) is 0.900. The number of rotatable bonds is 5. The van der Waals surface area contributed by atoms with Gasteiger partial charge in [-0.15, -0.1) is 0 Å². The first-order valence-electron chi connectivity index (χ1n) is 3.80. The molecule has 0 unspecified atom stereocenters. The molecule has 0 amide bonds. The molecule has 0 saturated heterocycles. The Balaban J connectivity index is 0. The minimum Gasteiger partial charge on any atom is -0.385 e. The van der Waals surface area contributed by atoms with Gasteiger partial charge in [-0.1, -0.05) is 6.92 Å². The van der Waals surface area contributed by atoms with Crippen LogP contribution in [0.1, 0.15) is 13.3 Å². The van der Waals surface area contributed by atoms with Crippen molar-refractivity contribution >= 4 is 0 Å². The quantitative estimate of drug-likeness (QED) is 0.574. The summed E-state index contributed by atoms with van der Waals surface area (Å²) in [6, 6.07) is 0. The van der Waals surface area contributed by atoms with Crippen molar-refractivity contribution in [1.82, 2.24) is 0 Å². The molecule has 0 fully saturated rings. The maximum atomic E-state index is 4.69. The summed E-state index contributed by atoms with van der Waals surface area (Å²) in [6.07, 6.45) is 1.12. The average molecular weight is 164 g/mol. The summed E-state index contributed by atoms with van der Waals surface area (Å²) in [5.74, 6) is 0. The molecule has 0 aromatic rings. The molecular weight excluding hydrogens is 144 g/mol. The second kappa shape index (κ2) is 16.5. The van der Waals surface area contributed by atoms with Crippen molar-refractivity contribution in [3.63, 3.8) is 0 Å². The number of ether oxygens (including phenoxy) is 3. The highest BCUT2D eigenvalue weighted by Gasteiger charge is 1.73. The summed E-state index contributed by atoms with van der Waals surface area (Å²) in [6.45, 7) is 4.36. The van der Waals surface area contributed by atoms with Gasteiger partial charge in [-0.3, -0.25) is 0 Å². The van der Waals surface area contributed by atoms with Crippen molar-refractivity contribution in [2.45, 2.75) is 13.3 Å². The highest BCUT2D eigenvalue weighted by molar-refractivity contribution is 4.18. The van der Waals surface area contributed by atoms with E-state index in [1.165, 1.54) is 0 Å². The van der Waals surface area contributed by atoms with Crippen LogP contribution in [0.25, 0.3) is 0 Å². The van der Waals surface area contributed by atoms with Crippen molar-refractivity contribution < 1.29 is 14.2 Å². The maximum absolute atomic E-state index is 4.69. The first kappa shape index (κ1) is 13.5. The second-order valence-corrected chi connectivity index (χ2v) is 1.98. The number of hydrogen-bond acceptors (Lipinski definition) is 3. The van der Waals surface area contributed by atoms with Gasteiger partial charge in [0.05, 0.1) is 13.2 Å². The van der Waals surface area contributed by atoms with Crippen molar-refractivity contribution in [2.24, 2.45) is 0 Å². The van der Waals surface area contributed by atoms with Crippen LogP contribution in [0.15, 0.2) is 0 Å². The molecule has 70 valence electrons. The lowest BCUT2D eigenvalue weighted by molar-refractivity contribution is 0.103. The van der Waals surface area contributed by atoms with Crippen LogP contribution in [0.2, 0.25) is 0 Å². The zero-order valence-electron chi connectivity index (χ0n) is 8.05. The molecule has 3 heteroatoms. The first-order valence-corrected chi connectivity index (χ1v) is 3.80. The second-order valence-electron chi connectivity index (χ2n) is 1.98. The van der Waals surface area contributed by atoms with Crippen LogP contribution in [-0.2, 0) is 14.2 Å². The topological polar surface area (TPSA) is 27.7 Å². The molecule has 0 spiro atoms. The largest absolute Gasteiger partial charge is 0.385 e. The summed E-state index contributed by atoms with van der Waals surface area (Å²) in [4.78, 5) is 0. The van der Waals surface area contributed by atoms with E-state index in [2.05, 4.69) is 16.4 Å². The summed E-state index contributed by atoms with van der Waals surface area (Å²) in [5.41, 5.74) is 0. The van der Waals surface area contributed by atoms with Crippen molar-refractivity contribution in [3.8, 4) is 0 Å². The normalized spacial score (nSPS) is 8.73. The molecule has 0 aliphatic rings. The van der Waals surface area contributed by atoms with E-state index in [9.17, 15) is 0 Å². The fraction of sp³-hybridized carbons (Fsp3) is 1.00. The molecule has 0 bridgehead atoms. The van der Waals surface area contributed by atoms with E-state index < -0.39 is 0 Å². The van der Waals surface area contributed by atoms with Crippen LogP contribution in [-0.4, -0.2) is 41.2 Å². The van der Waals surface area contributed by atoms with Gasteiger partial charge in [0.15, 0.2) is 0 Å². The molecule has 0 aliphatic carbocycles. The van der Waals surface area contributed by atoms with Crippen molar-refractivity contribution in [1.29, 1.82) is 0 Å². The smallest absolute Gasteiger partial charge is 0.0696 e. The summed E-state index contributed by atoms with van der Waals surface area (Å²) < 4.78 is 14.0. The lowest BCUT2D eigenvalue weighted by Gasteiger charge is -1.91. The van der Waals surface area contributed by atoms with Crippen LogP contribution < -0.4 is 0 Å². The first-order chi connectivity index (χ1) is 5.33. The third kappa shape index (κ3) is 25.8. The fourth-order valence-corrected chi connectivity index (χ4v) is 0.371. The Labute approximate surface area is 69.6 Å². The van der Waals surface area contributed by atoms with E-state index in [-0.39, 0.29) is 0 Å². The van der Waals surface area contributed by atoms with Crippen molar-refractivity contribution in [2.75, 3.05) is 41.2 Å². The summed E-state index contributed by atoms with van der Waals surface area (Å²) >= 11 is 0. The van der Waals surface area contributed by atoms with E-state index in [1.807, 2.05) is 0 Å². The van der Waals surface area contributed by atoms with E-state index in [4.69, 9.17) is 4.74 Å². The fourth-order valence-electron chi connectivity index (χ4n) is 0.371. The predicted molar refractivity (Wildman–Crippen MR) is 45.9 cm³/mol. The molecule has 0 atom stereocenters. The Morgan fingerprint density at radius 1 is 0.727 bits per heavy atom. The molecule has 0 aliphatic heterocycles. The van der Waals surface area contributed by atoms with Crippen LogP contribution in [0.3, 0.4) is 0 Å². The molecule has 0 heterocycles. The summed E-state index contributed by atoms with van der Waals surface area (Å²) in [7, 11) is 5.02. The van der Waals surface area contributed by atoms with Gasteiger partial charge in [0.2, 0.25) is 0 Å². The van der Waals surface area contributed by atoms with Gasteiger partial charge >= 0.3 is 0 Å². The van der Waals surface area contributed by atoms with Crippen molar-refractivity contribution in [3.05, 3.63) is 0 Å². The Hall–Kier alpha value is -0.120. The molecular formula is C8H20O3. The Morgan fingerprint density at radius 2 is 1.09 bits per heavy atom. The van der Waals surface area contributed by atoms with E-state index >= 15 is 0 Å². The van der Waals surface area contributed by atoms with E-state index in [0.29, 0.717) is 13.2 Å². The highest BCUT2D eigenvalue weighted by Crippen LogP contribution is 1.70. The van der Waals surface area contributed by atoms with Gasteiger partial charge in [-0.25, -0.2) is 0 Å². The lowest BCUT2D eigenvalue weighted by Crippen LogP contribution is -1.96. The molecule has 0 radical (unpaired) electrons. The molecule has 0 aromatic carbocycles. The number of hydrogen-bond donors (Lipinski definition) is 0. The average Bonchev–Trinajstić information content (AvgIpc) is 2.04. The highest BCUT2D eigenvalue weighted by atomic mass is 16.5. The van der Waals surface area contributed by atoms with Gasteiger partial charge in [0.1, 0.15) is 0 Å². The Kier molecular flexibility index (Phi) is 20.2. The Morgan fingerprint density at radius 3 is 1.18 bits per heavy atom. The van der Waals surface area contributed by atoms with E-state index in [0.717, 1.165) is 13.0 Å². The van der Waals surface area contributed by atoms with Gasteiger partial charge in [-0.2, -0.15) is 0 Å². The third-order valence-corrected chi connectivity index (χ3v) is 0.900. The van der Waals surface area contributed by atoms with Gasteiger partial charge in [-0.05, 0) is 6.42 Å². The molecule has 0 N–H and O–H groups in total. The summed E-state index contributed by atoms with van der Waals surface area (Å²) in [5, 5.41) is 0. The van der Waals surface area contributed by atoms with Crippen LogP contribution >= 0.6 is 0 Å². The molecule has 0 saturated carbocycles. The van der Waals surface area contributed by atoms with Crippen LogP contribution in [0, 0.1) is 0 Å². The maximum Gasteiger partial charge on any atom is 0.0696 e. The molecule has 3 nitrogen and oxygen atoms in total. The Bertz CT molecular complexity index is 42.6. The zero-order chi connectivity index (χ0) is 8.95. The van der Waals surface area contributed by atoms with Crippen LogP contribution in [0.4, 0.5) is 0 Å². The number of methoxy groups -OCH3 is 3. The molecule has 0 aromatic heterocycles. The minimum absolute atomic E-state index is 0.691. The van der Waals surface area contributed by atoms with Crippen LogP contribution in [0.5, 0.6) is 0 Å². The molecule has 0 rings (SSSR count). The van der Waals surface area contributed by atoms with Gasteiger partial charge in [0, 0.05) is 27.9 Å². The monoisotopic (exact) mass is 164 g/mol. The standard InChI is InChI=1S/C4H10O2.C4H10O/c1-5-3-4-6-2;1-3-4-5-2/h3-4H2,1-2H3;3-4H2,1-2H3. The van der Waals surface area contributed by atoms with Gasteiger partial charge in [0.25, 0.3) is 0 Å². The minimum atomic E-state index is 0.691.